The fourth-order valence-corrected chi connectivity index (χ4v) is 6.89. The lowest BCUT2D eigenvalue weighted by atomic mass is 9.53. The highest BCUT2D eigenvalue weighted by atomic mass is 32.2. The van der Waals surface area contributed by atoms with Crippen molar-refractivity contribution in [1.82, 2.24) is 4.72 Å². The van der Waals surface area contributed by atoms with Crippen LogP contribution in [0, 0.1) is 17.8 Å². The molecule has 1 aromatic carbocycles. The first-order chi connectivity index (χ1) is 11.0. The van der Waals surface area contributed by atoms with Crippen molar-refractivity contribution >= 4 is 10.0 Å². The maximum Gasteiger partial charge on any atom is 0.241 e. The van der Waals surface area contributed by atoms with E-state index in [4.69, 9.17) is 4.74 Å². The summed E-state index contributed by atoms with van der Waals surface area (Å²) in [4.78, 5) is 0.344. The molecule has 4 saturated carbocycles. The number of ether oxygens (including phenoxy) is 1. The molecule has 0 heterocycles. The Bertz CT molecular complexity index is 645. The van der Waals surface area contributed by atoms with Gasteiger partial charge >= 0.3 is 0 Å². The summed E-state index contributed by atoms with van der Waals surface area (Å²) in [5.41, 5.74) is -0.188. The van der Waals surface area contributed by atoms with Crippen LogP contribution in [0.2, 0.25) is 0 Å². The molecule has 0 saturated heterocycles. The highest BCUT2D eigenvalue weighted by Gasteiger charge is 2.52. The Morgan fingerprint density at radius 1 is 1.04 bits per heavy atom. The van der Waals surface area contributed by atoms with Gasteiger partial charge in [-0.3, -0.25) is 0 Å². The van der Waals surface area contributed by atoms with Gasteiger partial charge in [-0.25, -0.2) is 13.1 Å². The molecule has 4 nitrogen and oxygen atoms in total. The van der Waals surface area contributed by atoms with Gasteiger partial charge in [0.15, 0.2) is 0 Å². The molecular formula is C18H25NO3S. The largest absolute Gasteiger partial charge is 0.494 e. The second-order valence-electron chi connectivity index (χ2n) is 7.71. The quantitative estimate of drug-likeness (QED) is 0.898. The molecule has 1 aromatic rings. The van der Waals surface area contributed by atoms with Crippen molar-refractivity contribution in [3.8, 4) is 5.75 Å². The second-order valence-corrected chi connectivity index (χ2v) is 9.39. The average molecular weight is 335 g/mol. The third kappa shape index (κ3) is 2.89. The standard InChI is InChI=1S/C18H25NO3S/c1-2-22-16-3-5-17(6-4-16)23(20,21)19-18-10-13-7-14(11-18)9-15(8-13)12-18/h3-6,13-15,19H,2,7-12H2,1H3. The molecule has 0 aliphatic heterocycles. The highest BCUT2D eigenvalue weighted by molar-refractivity contribution is 7.89. The molecule has 1 N–H and O–H groups in total. The molecule has 0 unspecified atom stereocenters. The minimum atomic E-state index is -3.46. The normalized spacial score (nSPS) is 35.4. The lowest BCUT2D eigenvalue weighted by molar-refractivity contribution is -0.00810. The van der Waals surface area contributed by atoms with Crippen molar-refractivity contribution in [1.29, 1.82) is 0 Å². The van der Waals surface area contributed by atoms with Crippen molar-refractivity contribution in [3.63, 3.8) is 0 Å². The van der Waals surface area contributed by atoms with Gasteiger partial charge in [0.2, 0.25) is 10.0 Å². The Labute approximate surface area is 138 Å². The summed E-state index contributed by atoms with van der Waals surface area (Å²) in [6.07, 6.45) is 7.00. The number of hydrogen-bond donors (Lipinski definition) is 1. The van der Waals surface area contributed by atoms with E-state index in [1.807, 2.05) is 6.92 Å². The van der Waals surface area contributed by atoms with E-state index in [0.29, 0.717) is 17.3 Å². The zero-order chi connectivity index (χ0) is 16.1. The van der Waals surface area contributed by atoms with Crippen LogP contribution in [0.3, 0.4) is 0 Å². The Morgan fingerprint density at radius 3 is 2.04 bits per heavy atom. The molecule has 0 radical (unpaired) electrons. The van der Waals surface area contributed by atoms with Crippen LogP contribution in [0.5, 0.6) is 5.75 Å². The molecule has 23 heavy (non-hydrogen) atoms. The Hall–Kier alpha value is -1.07. The van der Waals surface area contributed by atoms with Crippen LogP contribution in [-0.4, -0.2) is 20.6 Å². The smallest absolute Gasteiger partial charge is 0.241 e. The molecule has 4 aliphatic rings. The molecular weight excluding hydrogens is 310 g/mol. The van der Waals surface area contributed by atoms with Gasteiger partial charge in [-0.05, 0) is 87.5 Å². The molecule has 5 rings (SSSR count). The van der Waals surface area contributed by atoms with Crippen LogP contribution in [0.1, 0.15) is 45.4 Å². The maximum absolute atomic E-state index is 12.8. The van der Waals surface area contributed by atoms with Gasteiger partial charge in [0.1, 0.15) is 5.75 Å². The predicted octanol–water partition coefficient (Wildman–Crippen LogP) is 3.33. The van der Waals surface area contributed by atoms with Crippen molar-refractivity contribution in [2.24, 2.45) is 17.8 Å². The van der Waals surface area contributed by atoms with E-state index in [-0.39, 0.29) is 5.54 Å². The van der Waals surface area contributed by atoms with E-state index in [1.165, 1.54) is 19.3 Å². The molecule has 4 fully saturated rings. The lowest BCUT2D eigenvalue weighted by Crippen LogP contribution is -2.59. The molecule has 0 atom stereocenters. The zero-order valence-corrected chi connectivity index (χ0v) is 14.4. The Morgan fingerprint density at radius 2 is 1.57 bits per heavy atom. The molecule has 0 aromatic heterocycles. The number of sulfonamides is 1. The zero-order valence-electron chi connectivity index (χ0n) is 13.6. The van der Waals surface area contributed by atoms with E-state index in [0.717, 1.165) is 37.0 Å². The molecule has 4 bridgehead atoms. The van der Waals surface area contributed by atoms with E-state index in [2.05, 4.69) is 4.72 Å². The van der Waals surface area contributed by atoms with Crippen LogP contribution in [0.15, 0.2) is 29.2 Å². The van der Waals surface area contributed by atoms with Crippen LogP contribution < -0.4 is 9.46 Å². The number of hydrogen-bond acceptors (Lipinski definition) is 3. The Kier molecular flexibility index (Phi) is 3.69. The van der Waals surface area contributed by atoms with Gasteiger partial charge in [0.05, 0.1) is 11.5 Å². The summed E-state index contributed by atoms with van der Waals surface area (Å²) in [5, 5.41) is 0. The monoisotopic (exact) mass is 335 g/mol. The van der Waals surface area contributed by atoms with E-state index in [9.17, 15) is 8.42 Å². The molecule has 0 amide bonds. The number of benzene rings is 1. The Balaban J connectivity index is 1.55. The minimum absolute atomic E-state index is 0.188. The van der Waals surface area contributed by atoms with Gasteiger partial charge in [0, 0.05) is 5.54 Å². The van der Waals surface area contributed by atoms with Gasteiger partial charge < -0.3 is 4.74 Å². The summed E-state index contributed by atoms with van der Waals surface area (Å²) in [6.45, 7) is 2.50. The number of rotatable bonds is 5. The van der Waals surface area contributed by atoms with Crippen molar-refractivity contribution in [2.75, 3.05) is 6.61 Å². The second kappa shape index (κ2) is 5.49. The van der Waals surface area contributed by atoms with Gasteiger partial charge in [-0.2, -0.15) is 0 Å². The van der Waals surface area contributed by atoms with E-state index in [1.54, 1.807) is 24.3 Å². The van der Waals surface area contributed by atoms with Crippen molar-refractivity contribution in [3.05, 3.63) is 24.3 Å². The van der Waals surface area contributed by atoms with Crippen LogP contribution in [-0.2, 0) is 10.0 Å². The van der Waals surface area contributed by atoms with E-state index < -0.39 is 10.0 Å². The van der Waals surface area contributed by atoms with E-state index >= 15 is 0 Å². The minimum Gasteiger partial charge on any atom is -0.494 e. The summed E-state index contributed by atoms with van der Waals surface area (Å²) >= 11 is 0. The SMILES string of the molecule is CCOc1ccc(S(=O)(=O)NC23CC4CC(CC(C4)C2)C3)cc1. The van der Waals surface area contributed by atoms with Crippen LogP contribution in [0.25, 0.3) is 0 Å². The first kappa shape index (κ1) is 15.5. The lowest BCUT2D eigenvalue weighted by Gasteiger charge is -2.56. The van der Waals surface area contributed by atoms with Gasteiger partial charge in [-0.1, -0.05) is 0 Å². The third-order valence-corrected chi connectivity index (χ3v) is 7.43. The summed E-state index contributed by atoms with van der Waals surface area (Å²) in [6, 6.07) is 6.76. The molecule has 5 heteroatoms. The predicted molar refractivity (Wildman–Crippen MR) is 88.8 cm³/mol. The first-order valence-corrected chi connectivity index (χ1v) is 10.2. The number of nitrogens with one attached hydrogen (secondary N) is 1. The van der Waals surface area contributed by atoms with Crippen molar-refractivity contribution in [2.45, 2.75) is 55.9 Å². The van der Waals surface area contributed by atoms with Crippen LogP contribution in [0.4, 0.5) is 0 Å². The van der Waals surface area contributed by atoms with Gasteiger partial charge in [-0.15, -0.1) is 0 Å². The summed E-state index contributed by atoms with van der Waals surface area (Å²) < 4.78 is 34.2. The first-order valence-electron chi connectivity index (χ1n) is 8.75. The van der Waals surface area contributed by atoms with Crippen molar-refractivity contribution < 1.29 is 13.2 Å². The topological polar surface area (TPSA) is 55.4 Å². The molecule has 4 aliphatic carbocycles. The summed E-state index contributed by atoms with van der Waals surface area (Å²) in [5.74, 6) is 2.89. The summed E-state index contributed by atoms with van der Waals surface area (Å²) in [7, 11) is -3.46. The fourth-order valence-electron chi connectivity index (χ4n) is 5.46. The highest BCUT2D eigenvalue weighted by Crippen LogP contribution is 2.55. The average Bonchev–Trinajstić information content (AvgIpc) is 2.45. The maximum atomic E-state index is 12.8. The van der Waals surface area contributed by atoms with Crippen LogP contribution >= 0.6 is 0 Å². The molecule has 0 spiro atoms. The third-order valence-electron chi connectivity index (χ3n) is 5.83. The fraction of sp³-hybridized carbons (Fsp3) is 0.667. The van der Waals surface area contributed by atoms with Gasteiger partial charge in [0.25, 0.3) is 0 Å². The molecule has 126 valence electrons.